The van der Waals surface area contributed by atoms with E-state index in [1.165, 1.54) is 12.8 Å². The maximum atomic E-state index is 6.07. The van der Waals surface area contributed by atoms with Crippen molar-refractivity contribution in [3.63, 3.8) is 0 Å². The molecule has 5 rings (SSSR count). The van der Waals surface area contributed by atoms with Gasteiger partial charge in [0.15, 0.2) is 0 Å². The monoisotopic (exact) mass is 419 g/mol. The van der Waals surface area contributed by atoms with E-state index in [2.05, 4.69) is 40.6 Å². The van der Waals surface area contributed by atoms with Crippen LogP contribution >= 0.6 is 0 Å². The Labute approximate surface area is 184 Å². The molecule has 0 radical (unpaired) electrons. The molecule has 2 saturated heterocycles. The summed E-state index contributed by atoms with van der Waals surface area (Å²) >= 11 is 0. The molecule has 0 spiro atoms. The molecule has 3 aliphatic rings. The van der Waals surface area contributed by atoms with Crippen LogP contribution in [0.1, 0.15) is 37.1 Å². The molecule has 164 valence electrons. The van der Waals surface area contributed by atoms with Crippen molar-refractivity contribution < 1.29 is 0 Å². The third-order valence-corrected chi connectivity index (χ3v) is 7.24. The van der Waals surface area contributed by atoms with Gasteiger partial charge in [-0.05, 0) is 56.7 Å². The van der Waals surface area contributed by atoms with Gasteiger partial charge in [0.05, 0.1) is 11.4 Å². The first-order valence-corrected chi connectivity index (χ1v) is 11.5. The van der Waals surface area contributed by atoms with Crippen molar-refractivity contribution in [1.29, 1.82) is 0 Å². The van der Waals surface area contributed by atoms with Gasteiger partial charge < -0.3 is 16.0 Å². The van der Waals surface area contributed by atoms with Crippen LogP contribution in [0.3, 0.4) is 0 Å². The number of rotatable bonds is 3. The Morgan fingerprint density at radius 2 is 1.87 bits per heavy atom. The maximum Gasteiger partial charge on any atom is 0.225 e. The summed E-state index contributed by atoms with van der Waals surface area (Å²) < 4.78 is 1.86. The highest BCUT2D eigenvalue weighted by Crippen LogP contribution is 2.38. The Kier molecular flexibility index (Phi) is 5.30. The van der Waals surface area contributed by atoms with Crippen molar-refractivity contribution in [1.82, 2.24) is 25.1 Å². The first-order valence-electron chi connectivity index (χ1n) is 11.5. The largest absolute Gasteiger partial charge is 0.399 e. The Bertz CT molecular complexity index is 1010. The maximum absolute atomic E-state index is 6.07. The van der Waals surface area contributed by atoms with Crippen LogP contribution in [0.5, 0.6) is 0 Å². The Hall–Kier alpha value is -2.67. The molecule has 4 unspecified atom stereocenters. The number of nitrogens with two attached hydrogens (primary N) is 1. The third kappa shape index (κ3) is 3.87. The standard InChI is InChI=1S/C24H33N7/c1-15-10-19(25)4-5-20(15)23-21(22-14-30(3)29-16(22)2)13-27-24(28-23)31-8-6-17-11-26-12-18(17)7-9-31/h4-5,10,13-15,17-18,20,26H,6-9,11-12,25H2,1-3H3. The third-order valence-electron chi connectivity index (χ3n) is 7.24. The van der Waals surface area contributed by atoms with Crippen molar-refractivity contribution >= 4 is 5.95 Å². The van der Waals surface area contributed by atoms with E-state index in [0.29, 0.717) is 0 Å². The van der Waals surface area contributed by atoms with Crippen molar-refractivity contribution in [2.75, 3.05) is 31.1 Å². The van der Waals surface area contributed by atoms with Crippen LogP contribution in [0.4, 0.5) is 5.95 Å². The second-order valence-electron chi connectivity index (χ2n) is 9.42. The van der Waals surface area contributed by atoms with Gasteiger partial charge in [-0.25, -0.2) is 9.97 Å². The van der Waals surface area contributed by atoms with Crippen LogP contribution in [-0.2, 0) is 7.05 Å². The molecule has 7 nitrogen and oxygen atoms in total. The molecule has 2 fully saturated rings. The van der Waals surface area contributed by atoms with Gasteiger partial charge in [-0.15, -0.1) is 0 Å². The number of hydrogen-bond donors (Lipinski definition) is 2. The van der Waals surface area contributed by atoms with Crippen LogP contribution in [0.25, 0.3) is 11.1 Å². The van der Waals surface area contributed by atoms with Gasteiger partial charge in [0, 0.05) is 55.3 Å². The second-order valence-corrected chi connectivity index (χ2v) is 9.42. The lowest BCUT2D eigenvalue weighted by Gasteiger charge is -2.26. The molecule has 4 atom stereocenters. The SMILES string of the molecule is Cc1nn(C)cc1-c1cnc(N2CCC3CNCC3CC2)nc1C1C=CC(N)=CC1C. The molecule has 31 heavy (non-hydrogen) atoms. The summed E-state index contributed by atoms with van der Waals surface area (Å²) in [5.74, 6) is 2.88. The quantitative estimate of drug-likeness (QED) is 0.796. The number of hydrogen-bond acceptors (Lipinski definition) is 6. The van der Waals surface area contributed by atoms with Gasteiger partial charge in [0.1, 0.15) is 0 Å². The van der Waals surface area contributed by atoms with Crippen molar-refractivity contribution in [3.05, 3.63) is 47.7 Å². The fourth-order valence-corrected chi connectivity index (χ4v) is 5.47. The number of fused-ring (bicyclic) bond motifs is 1. The first-order chi connectivity index (χ1) is 15.0. The molecule has 3 N–H and O–H groups in total. The Morgan fingerprint density at radius 1 is 1.13 bits per heavy atom. The fourth-order valence-electron chi connectivity index (χ4n) is 5.47. The van der Waals surface area contributed by atoms with Crippen molar-refractivity contribution in [2.24, 2.45) is 30.5 Å². The normalized spacial score (nSPS) is 28.4. The highest BCUT2D eigenvalue weighted by atomic mass is 15.3. The molecule has 7 heteroatoms. The summed E-state index contributed by atoms with van der Waals surface area (Å²) in [6.07, 6.45) is 12.8. The molecule has 1 aliphatic carbocycles. The molecule has 0 bridgehead atoms. The van der Waals surface area contributed by atoms with Gasteiger partial charge in [-0.3, -0.25) is 4.68 Å². The summed E-state index contributed by atoms with van der Waals surface area (Å²) in [6.45, 7) is 8.62. The fraction of sp³-hybridized carbons (Fsp3) is 0.542. The molecular weight excluding hydrogens is 386 g/mol. The van der Waals surface area contributed by atoms with E-state index in [-0.39, 0.29) is 11.8 Å². The van der Waals surface area contributed by atoms with E-state index in [0.717, 1.165) is 72.2 Å². The molecule has 4 heterocycles. The summed E-state index contributed by atoms with van der Waals surface area (Å²) in [5, 5.41) is 8.12. The Balaban J connectivity index is 1.53. The van der Waals surface area contributed by atoms with E-state index in [1.807, 2.05) is 30.9 Å². The minimum absolute atomic E-state index is 0.166. The Morgan fingerprint density at radius 3 is 2.52 bits per heavy atom. The minimum atomic E-state index is 0.166. The van der Waals surface area contributed by atoms with Gasteiger partial charge in [-0.2, -0.15) is 5.10 Å². The number of allylic oxidation sites excluding steroid dienone is 3. The average Bonchev–Trinajstić information content (AvgIpc) is 3.27. The molecule has 2 aromatic heterocycles. The first kappa shape index (κ1) is 20.2. The van der Waals surface area contributed by atoms with Gasteiger partial charge in [-0.1, -0.05) is 19.1 Å². The van der Waals surface area contributed by atoms with Crippen molar-refractivity contribution in [3.8, 4) is 11.1 Å². The molecule has 0 aromatic carbocycles. The van der Waals surface area contributed by atoms with Crippen LogP contribution in [0.2, 0.25) is 0 Å². The average molecular weight is 420 g/mol. The number of anilines is 1. The smallest absolute Gasteiger partial charge is 0.225 e. The molecular formula is C24H33N7. The zero-order valence-corrected chi connectivity index (χ0v) is 18.8. The zero-order valence-electron chi connectivity index (χ0n) is 18.8. The summed E-state index contributed by atoms with van der Waals surface area (Å²) in [6, 6.07) is 0. The minimum Gasteiger partial charge on any atom is -0.399 e. The molecule has 0 amide bonds. The highest BCUT2D eigenvalue weighted by molar-refractivity contribution is 5.69. The number of aromatic nitrogens is 4. The van der Waals surface area contributed by atoms with Crippen LogP contribution in [0, 0.1) is 24.7 Å². The van der Waals surface area contributed by atoms with Gasteiger partial charge in [0.2, 0.25) is 5.95 Å². The molecule has 2 aromatic rings. The number of nitrogens with one attached hydrogen (secondary N) is 1. The van der Waals surface area contributed by atoms with E-state index < -0.39 is 0 Å². The van der Waals surface area contributed by atoms with Crippen LogP contribution in [0.15, 0.2) is 36.3 Å². The zero-order chi connectivity index (χ0) is 21.5. The summed E-state index contributed by atoms with van der Waals surface area (Å²) in [5.41, 5.74) is 11.1. The molecule has 0 saturated carbocycles. The summed E-state index contributed by atoms with van der Waals surface area (Å²) in [4.78, 5) is 12.4. The van der Waals surface area contributed by atoms with E-state index in [9.17, 15) is 0 Å². The predicted octanol–water partition coefficient (Wildman–Crippen LogP) is 2.75. The van der Waals surface area contributed by atoms with E-state index in [4.69, 9.17) is 15.7 Å². The van der Waals surface area contributed by atoms with Crippen LogP contribution in [-0.4, -0.2) is 45.9 Å². The highest BCUT2D eigenvalue weighted by Gasteiger charge is 2.32. The lowest BCUT2D eigenvalue weighted by Crippen LogP contribution is -2.28. The topological polar surface area (TPSA) is 84.9 Å². The number of aryl methyl sites for hydroxylation is 2. The second kappa shape index (κ2) is 8.11. The summed E-state index contributed by atoms with van der Waals surface area (Å²) in [7, 11) is 1.96. The van der Waals surface area contributed by atoms with Gasteiger partial charge >= 0.3 is 0 Å². The number of nitrogens with zero attached hydrogens (tertiary/aromatic N) is 5. The van der Waals surface area contributed by atoms with E-state index in [1.54, 1.807) is 0 Å². The van der Waals surface area contributed by atoms with Crippen molar-refractivity contribution in [2.45, 2.75) is 32.6 Å². The van der Waals surface area contributed by atoms with E-state index >= 15 is 0 Å². The lowest BCUT2D eigenvalue weighted by atomic mass is 9.83. The van der Waals surface area contributed by atoms with Crippen LogP contribution < -0.4 is 16.0 Å². The molecule has 2 aliphatic heterocycles. The predicted molar refractivity (Wildman–Crippen MR) is 124 cm³/mol. The van der Waals surface area contributed by atoms with Gasteiger partial charge in [0.25, 0.3) is 0 Å². The lowest BCUT2D eigenvalue weighted by molar-refractivity contribution is 0.409.